The van der Waals surface area contributed by atoms with Crippen molar-refractivity contribution < 1.29 is 40.3 Å². The molecular weight excluding hydrogens is 570 g/mol. The maximum absolute atomic E-state index is 14.1. The van der Waals surface area contributed by atoms with E-state index in [9.17, 15) is 30.4 Å². The lowest BCUT2D eigenvalue weighted by atomic mass is 10.2. The fraction of sp³-hybridized carbons (Fsp3) is 0.450. The van der Waals surface area contributed by atoms with Gasteiger partial charge in [-0.3, -0.25) is 4.72 Å². The van der Waals surface area contributed by atoms with Crippen LogP contribution >= 0.6 is 11.8 Å². The van der Waals surface area contributed by atoms with E-state index in [4.69, 9.17) is 15.0 Å². The van der Waals surface area contributed by atoms with Crippen LogP contribution in [-0.2, 0) is 30.8 Å². The third kappa shape index (κ3) is 7.26. The van der Waals surface area contributed by atoms with E-state index in [1.165, 1.54) is 19.1 Å². The number of aromatic nitrogens is 2. The summed E-state index contributed by atoms with van der Waals surface area (Å²) in [4.78, 5) is 19.3. The van der Waals surface area contributed by atoms with E-state index in [2.05, 4.69) is 20.0 Å². The largest absolute Gasteiger partial charge is 0.479 e. The number of hydrogen-bond donors (Lipinski definition) is 4. The van der Waals surface area contributed by atoms with Crippen molar-refractivity contribution in [3.63, 3.8) is 0 Å². The summed E-state index contributed by atoms with van der Waals surface area (Å²) in [6.45, 7) is 2.86. The number of anilines is 1. The summed E-state index contributed by atoms with van der Waals surface area (Å²) in [6.07, 6.45) is -1.13. The molecule has 1 fully saturated rings. The number of thioether (sulfide) groups is 1. The molecule has 38 heavy (non-hydrogen) atoms. The van der Waals surface area contributed by atoms with Gasteiger partial charge in [-0.15, -0.1) is 0 Å². The first-order chi connectivity index (χ1) is 17.7. The first kappa shape index (κ1) is 29.9. The van der Waals surface area contributed by atoms with Crippen molar-refractivity contribution in [3.8, 4) is 5.88 Å². The number of nitrogens with zero attached hydrogens (tertiary/aromatic N) is 3. The van der Waals surface area contributed by atoms with Crippen LogP contribution in [0.5, 0.6) is 5.88 Å². The third-order valence-corrected chi connectivity index (χ3v) is 9.22. The second-order valence-electron chi connectivity index (χ2n) is 8.14. The van der Waals surface area contributed by atoms with Crippen LogP contribution in [-0.4, -0.2) is 72.8 Å². The highest BCUT2D eigenvalue weighted by Crippen LogP contribution is 2.28. The van der Waals surface area contributed by atoms with Gasteiger partial charge in [0.2, 0.25) is 5.88 Å². The van der Waals surface area contributed by atoms with Gasteiger partial charge in [-0.05, 0) is 19.4 Å². The van der Waals surface area contributed by atoms with Gasteiger partial charge in [0.15, 0.2) is 28.3 Å². The molecule has 3 rings (SSSR count). The van der Waals surface area contributed by atoms with Crippen molar-refractivity contribution in [2.45, 2.75) is 48.7 Å². The summed E-state index contributed by atoms with van der Waals surface area (Å²) in [5, 5.41) is 15.6. The third-order valence-electron chi connectivity index (χ3n) is 5.41. The molecule has 0 aliphatic carbocycles. The predicted molar refractivity (Wildman–Crippen MR) is 134 cm³/mol. The van der Waals surface area contributed by atoms with Crippen LogP contribution in [0.25, 0.3) is 0 Å². The van der Waals surface area contributed by atoms with Gasteiger partial charge >= 0.3 is 5.97 Å². The minimum Gasteiger partial charge on any atom is -0.479 e. The minimum absolute atomic E-state index is 0.0196. The van der Waals surface area contributed by atoms with Crippen LogP contribution in [0, 0.1) is 11.6 Å². The molecule has 0 amide bonds. The molecule has 2 heterocycles. The highest BCUT2D eigenvalue weighted by molar-refractivity contribution is 7.98. The van der Waals surface area contributed by atoms with Crippen LogP contribution in [0.2, 0.25) is 0 Å². The van der Waals surface area contributed by atoms with Gasteiger partial charge < -0.3 is 15.2 Å². The van der Waals surface area contributed by atoms with Crippen molar-refractivity contribution in [1.82, 2.24) is 19.6 Å². The van der Waals surface area contributed by atoms with Crippen molar-refractivity contribution in [2.24, 2.45) is 5.14 Å². The molecule has 1 aliphatic rings. The first-order valence-electron chi connectivity index (χ1n) is 11.1. The molecule has 0 saturated carbocycles. The van der Waals surface area contributed by atoms with Crippen LogP contribution in [0.1, 0.15) is 25.8 Å². The number of ether oxygens (including phenoxy) is 1. The minimum atomic E-state index is -4.51. The van der Waals surface area contributed by atoms with E-state index < -0.39 is 55.4 Å². The zero-order valence-corrected chi connectivity index (χ0v) is 22.6. The molecule has 1 aromatic carbocycles. The summed E-state index contributed by atoms with van der Waals surface area (Å²) in [6, 6.07) is 3.80. The molecule has 210 valence electrons. The summed E-state index contributed by atoms with van der Waals surface area (Å²) < 4.78 is 86.8. The summed E-state index contributed by atoms with van der Waals surface area (Å²) in [5.41, 5.74) is -0.0196. The van der Waals surface area contributed by atoms with Crippen molar-refractivity contribution >= 4 is 43.8 Å². The van der Waals surface area contributed by atoms with Crippen LogP contribution < -0.4 is 19.9 Å². The van der Waals surface area contributed by atoms with E-state index in [0.29, 0.717) is 4.31 Å². The number of rotatable bonds is 11. The van der Waals surface area contributed by atoms with Gasteiger partial charge in [-0.25, -0.2) is 32.1 Å². The number of aliphatic carboxylic acids is 1. The number of hydrogen-bond acceptors (Lipinski definition) is 10. The van der Waals surface area contributed by atoms with Gasteiger partial charge in [0.05, 0.1) is 0 Å². The molecule has 1 aliphatic heterocycles. The molecule has 13 nitrogen and oxygen atoms in total. The van der Waals surface area contributed by atoms with Crippen LogP contribution in [0.4, 0.5) is 14.6 Å². The lowest BCUT2D eigenvalue weighted by Gasteiger charge is -2.38. The normalized spacial score (nSPS) is 19.6. The number of carboxylic acid groups (broad SMARTS) is 1. The maximum Gasteiger partial charge on any atom is 0.344 e. The van der Waals surface area contributed by atoms with Gasteiger partial charge in [-0.1, -0.05) is 30.8 Å². The average molecular weight is 597 g/mol. The Labute approximate surface area is 222 Å². The van der Waals surface area contributed by atoms with E-state index in [0.717, 1.165) is 23.9 Å². The Balaban J connectivity index is 1.97. The number of carboxylic acids is 1. The standard InChI is InChI=1S/C20H26F2N6O7S3/c1-3-14-18(28(8-7-24-14)38(23,33)34)37(31,32)27-15-9-16(35-11(2)19(29)30)26-20(25-15)36-10-12-5-4-6-13(21)17(12)22/h4-6,9,11,14,18,24H,3,7-8,10H2,1-2H3,(H,29,30)(H2,23,33,34)(H,25,26,27)/t11-,14-,18?/m1/s1. The number of nitrogens with one attached hydrogen (secondary N) is 2. The SMILES string of the molecule is CC[C@H]1NCCN(S(N)(=O)=O)C1S(=O)(=O)Nc1cc(O[C@H](C)C(=O)O)nc(SCc2cccc(F)c2F)n1. The maximum atomic E-state index is 14.1. The van der Waals surface area contributed by atoms with Gasteiger partial charge in [0, 0.05) is 36.5 Å². The molecule has 0 bridgehead atoms. The molecule has 0 radical (unpaired) electrons. The van der Waals surface area contributed by atoms with Gasteiger partial charge in [-0.2, -0.15) is 17.7 Å². The molecule has 18 heteroatoms. The molecule has 1 saturated heterocycles. The Kier molecular flexibility index (Phi) is 9.48. The number of halogens is 2. The number of sulfonamides is 1. The Morgan fingerprint density at radius 1 is 1.34 bits per heavy atom. The van der Waals surface area contributed by atoms with E-state index >= 15 is 0 Å². The van der Waals surface area contributed by atoms with Crippen LogP contribution in [0.15, 0.2) is 29.4 Å². The lowest BCUT2D eigenvalue weighted by Crippen LogP contribution is -2.64. The van der Waals surface area contributed by atoms with Gasteiger partial charge in [0.1, 0.15) is 5.82 Å². The fourth-order valence-corrected chi connectivity index (χ4v) is 7.56. The number of benzene rings is 1. The monoisotopic (exact) mass is 596 g/mol. The highest BCUT2D eigenvalue weighted by Gasteiger charge is 2.44. The Morgan fingerprint density at radius 2 is 2.05 bits per heavy atom. The zero-order chi connectivity index (χ0) is 28.3. The lowest BCUT2D eigenvalue weighted by molar-refractivity contribution is -0.144. The highest BCUT2D eigenvalue weighted by atomic mass is 32.2. The zero-order valence-electron chi connectivity index (χ0n) is 20.2. The predicted octanol–water partition coefficient (Wildman–Crippen LogP) is 0.854. The van der Waals surface area contributed by atoms with Crippen molar-refractivity contribution in [3.05, 3.63) is 41.5 Å². The number of nitrogens with two attached hydrogens (primary N) is 1. The molecular formula is C20H26F2N6O7S3. The first-order valence-corrected chi connectivity index (χ1v) is 15.1. The summed E-state index contributed by atoms with van der Waals surface area (Å²) in [7, 11) is -8.92. The van der Waals surface area contributed by atoms with E-state index in [1.807, 2.05) is 0 Å². The number of carbonyl (C=O) groups is 1. The van der Waals surface area contributed by atoms with E-state index in [-0.39, 0.29) is 47.7 Å². The molecule has 3 atom stereocenters. The molecule has 5 N–H and O–H groups in total. The smallest absolute Gasteiger partial charge is 0.344 e. The molecule has 1 aromatic heterocycles. The Bertz CT molecular complexity index is 1400. The summed E-state index contributed by atoms with van der Waals surface area (Å²) in [5.74, 6) is -4.32. The quantitative estimate of drug-likeness (QED) is 0.212. The van der Waals surface area contributed by atoms with Crippen molar-refractivity contribution in [1.29, 1.82) is 0 Å². The van der Waals surface area contributed by atoms with Gasteiger partial charge in [0.25, 0.3) is 20.2 Å². The average Bonchev–Trinajstić information content (AvgIpc) is 2.83. The topological polar surface area (TPSA) is 194 Å². The molecule has 2 aromatic rings. The second-order valence-corrected chi connectivity index (χ2v) is 12.4. The van der Waals surface area contributed by atoms with E-state index in [1.54, 1.807) is 6.92 Å². The Hall–Kier alpha value is -2.64. The van der Waals surface area contributed by atoms with Crippen molar-refractivity contribution in [2.75, 3.05) is 17.8 Å². The number of piperazine rings is 1. The Morgan fingerprint density at radius 3 is 2.68 bits per heavy atom. The molecule has 1 unspecified atom stereocenters. The summed E-state index contributed by atoms with van der Waals surface area (Å²) >= 11 is 0.802. The van der Waals surface area contributed by atoms with Crippen LogP contribution in [0.3, 0.4) is 0 Å². The second kappa shape index (κ2) is 12.0. The fourth-order valence-electron chi connectivity index (χ4n) is 3.60. The molecule has 0 spiro atoms.